The van der Waals surface area contributed by atoms with Gasteiger partial charge in [-0.05, 0) is 55.4 Å². The third-order valence-electron chi connectivity index (χ3n) is 7.66. The van der Waals surface area contributed by atoms with Crippen LogP contribution in [-0.4, -0.2) is 39.8 Å². The van der Waals surface area contributed by atoms with Gasteiger partial charge >= 0.3 is 0 Å². The molecular formula is C26H26F2N6O. The third-order valence-corrected chi connectivity index (χ3v) is 7.66. The number of benzene rings is 1. The van der Waals surface area contributed by atoms with Crippen molar-refractivity contribution in [2.24, 2.45) is 11.1 Å². The van der Waals surface area contributed by atoms with Crippen molar-refractivity contribution in [2.75, 3.05) is 25.1 Å². The van der Waals surface area contributed by atoms with Crippen molar-refractivity contribution in [2.45, 2.75) is 32.2 Å². The van der Waals surface area contributed by atoms with Crippen LogP contribution in [0.1, 0.15) is 35.8 Å². The number of aromatic nitrogens is 4. The molecule has 1 aliphatic heterocycles. The zero-order chi connectivity index (χ0) is 24.3. The number of rotatable bonds is 3. The second-order valence-corrected chi connectivity index (χ2v) is 9.50. The molecule has 4 heterocycles. The molecule has 1 aliphatic carbocycles. The quantitative estimate of drug-likeness (QED) is 0.477. The van der Waals surface area contributed by atoms with Crippen molar-refractivity contribution in [3.8, 4) is 17.1 Å². The minimum absolute atomic E-state index is 0.0472. The Labute approximate surface area is 201 Å². The fraction of sp³-hybridized carbons (Fsp3) is 0.346. The first-order chi connectivity index (χ1) is 16.9. The molecule has 1 saturated heterocycles. The average molecular weight is 477 g/mol. The average Bonchev–Trinajstić information content (AvgIpc) is 3.45. The summed E-state index contributed by atoms with van der Waals surface area (Å²) in [6.45, 7) is 3.36. The molecule has 180 valence electrons. The number of piperidine rings is 1. The van der Waals surface area contributed by atoms with Crippen molar-refractivity contribution in [1.82, 2.24) is 19.6 Å². The molecule has 3 aromatic heterocycles. The lowest BCUT2D eigenvalue weighted by Gasteiger charge is -2.42. The minimum Gasteiger partial charge on any atom is -0.481 e. The van der Waals surface area contributed by atoms with Gasteiger partial charge in [-0.1, -0.05) is 12.1 Å². The van der Waals surface area contributed by atoms with Gasteiger partial charge in [0.1, 0.15) is 5.52 Å². The second kappa shape index (κ2) is 7.98. The molecule has 0 amide bonds. The molecule has 1 spiro atoms. The fourth-order valence-corrected chi connectivity index (χ4v) is 5.75. The first kappa shape index (κ1) is 21.9. The lowest BCUT2D eigenvalue weighted by Crippen LogP contribution is -2.45. The molecule has 0 radical (unpaired) electrons. The number of hydrogen-bond donors (Lipinski definition) is 1. The predicted molar refractivity (Wildman–Crippen MR) is 128 cm³/mol. The van der Waals surface area contributed by atoms with Crippen molar-refractivity contribution < 1.29 is 13.5 Å². The van der Waals surface area contributed by atoms with Gasteiger partial charge in [-0.2, -0.15) is 5.10 Å². The summed E-state index contributed by atoms with van der Waals surface area (Å²) in [4.78, 5) is 11.7. The largest absolute Gasteiger partial charge is 0.481 e. The molecule has 0 bridgehead atoms. The van der Waals surface area contributed by atoms with Gasteiger partial charge in [-0.3, -0.25) is 0 Å². The molecule has 2 aliphatic rings. The molecule has 4 aromatic rings. The van der Waals surface area contributed by atoms with Crippen LogP contribution in [-0.2, 0) is 6.42 Å². The summed E-state index contributed by atoms with van der Waals surface area (Å²) >= 11 is 0. The van der Waals surface area contributed by atoms with E-state index >= 15 is 0 Å². The number of hydrogen-bond acceptors (Lipinski definition) is 6. The summed E-state index contributed by atoms with van der Waals surface area (Å²) in [5, 5.41) is 4.43. The molecule has 1 unspecified atom stereocenters. The van der Waals surface area contributed by atoms with E-state index in [1.807, 2.05) is 12.1 Å². The Hall–Kier alpha value is -3.59. The molecule has 6 rings (SSSR count). The number of methoxy groups -OCH3 is 1. The van der Waals surface area contributed by atoms with E-state index < -0.39 is 11.6 Å². The monoisotopic (exact) mass is 476 g/mol. The van der Waals surface area contributed by atoms with Crippen molar-refractivity contribution in [3.63, 3.8) is 0 Å². The number of aryl methyl sites for hydroxylation is 1. The highest BCUT2D eigenvalue weighted by atomic mass is 19.2. The maximum absolute atomic E-state index is 14.6. The molecule has 35 heavy (non-hydrogen) atoms. The Morgan fingerprint density at radius 3 is 2.66 bits per heavy atom. The first-order valence-corrected chi connectivity index (χ1v) is 11.7. The topological polar surface area (TPSA) is 81.6 Å². The third kappa shape index (κ3) is 3.29. The van der Waals surface area contributed by atoms with Crippen LogP contribution >= 0.6 is 0 Å². The predicted octanol–water partition coefficient (Wildman–Crippen LogP) is 4.23. The van der Waals surface area contributed by atoms with Crippen LogP contribution in [0.3, 0.4) is 0 Å². The van der Waals surface area contributed by atoms with E-state index in [1.54, 1.807) is 30.8 Å². The van der Waals surface area contributed by atoms with E-state index in [0.717, 1.165) is 55.4 Å². The molecule has 7 nitrogen and oxygen atoms in total. The fourth-order valence-electron chi connectivity index (χ4n) is 5.75. The maximum Gasteiger partial charge on any atom is 0.213 e. The molecular weight excluding hydrogens is 450 g/mol. The van der Waals surface area contributed by atoms with Gasteiger partial charge < -0.3 is 15.4 Å². The van der Waals surface area contributed by atoms with Gasteiger partial charge in [0.05, 0.1) is 36.4 Å². The summed E-state index contributed by atoms with van der Waals surface area (Å²) in [5.74, 6) is -0.416. The number of pyridine rings is 1. The van der Waals surface area contributed by atoms with Gasteiger partial charge in [0.15, 0.2) is 17.5 Å². The Morgan fingerprint density at radius 2 is 1.89 bits per heavy atom. The van der Waals surface area contributed by atoms with Crippen molar-refractivity contribution >= 4 is 11.3 Å². The Kier molecular flexibility index (Phi) is 5.00. The number of nitrogens with zero attached hydrogens (tertiary/aromatic N) is 5. The zero-order valence-corrected chi connectivity index (χ0v) is 19.6. The highest BCUT2D eigenvalue weighted by molar-refractivity contribution is 5.75. The van der Waals surface area contributed by atoms with Gasteiger partial charge in [0.25, 0.3) is 0 Å². The second-order valence-electron chi connectivity index (χ2n) is 9.50. The van der Waals surface area contributed by atoms with Crippen LogP contribution < -0.4 is 15.4 Å². The smallest absolute Gasteiger partial charge is 0.213 e. The number of ether oxygens (including phenoxy) is 1. The minimum atomic E-state index is -0.901. The molecule has 0 saturated carbocycles. The van der Waals surface area contributed by atoms with Gasteiger partial charge in [0.2, 0.25) is 5.88 Å². The molecule has 2 N–H and O–H groups in total. The molecule has 9 heteroatoms. The maximum atomic E-state index is 14.6. The van der Waals surface area contributed by atoms with Gasteiger partial charge in [0, 0.05) is 24.7 Å². The van der Waals surface area contributed by atoms with Crippen molar-refractivity contribution in [3.05, 3.63) is 71.2 Å². The van der Waals surface area contributed by atoms with Crippen LogP contribution in [0.5, 0.6) is 5.88 Å². The van der Waals surface area contributed by atoms with Gasteiger partial charge in [-0.15, -0.1) is 0 Å². The number of nitrogens with two attached hydrogens (primary N) is 1. The lowest BCUT2D eigenvalue weighted by molar-refractivity contribution is 0.185. The van der Waals surface area contributed by atoms with Crippen LogP contribution in [0.25, 0.3) is 16.8 Å². The molecule has 1 aromatic carbocycles. The van der Waals surface area contributed by atoms with Crippen LogP contribution in [0.2, 0.25) is 0 Å². The summed E-state index contributed by atoms with van der Waals surface area (Å²) in [7, 11) is 1.61. The normalized spacial score (nSPS) is 18.9. The van der Waals surface area contributed by atoms with E-state index in [2.05, 4.69) is 21.0 Å². The summed E-state index contributed by atoms with van der Waals surface area (Å²) in [5.41, 5.74) is 10.8. The molecule has 1 fully saturated rings. The lowest BCUT2D eigenvalue weighted by atomic mass is 9.73. The van der Waals surface area contributed by atoms with Gasteiger partial charge in [-0.25, -0.2) is 23.3 Å². The number of fused-ring (bicyclic) bond motifs is 2. The van der Waals surface area contributed by atoms with E-state index in [-0.39, 0.29) is 17.0 Å². The van der Waals surface area contributed by atoms with E-state index in [4.69, 9.17) is 15.5 Å². The van der Waals surface area contributed by atoms with E-state index in [9.17, 15) is 8.78 Å². The Balaban J connectivity index is 1.32. The summed E-state index contributed by atoms with van der Waals surface area (Å²) in [6, 6.07) is 9.85. The molecule has 1 atom stereocenters. The van der Waals surface area contributed by atoms with E-state index in [1.165, 1.54) is 11.6 Å². The highest BCUT2D eigenvalue weighted by Crippen LogP contribution is 2.51. The van der Waals surface area contributed by atoms with Crippen LogP contribution in [0, 0.1) is 24.0 Å². The Bertz CT molecular complexity index is 1440. The van der Waals surface area contributed by atoms with Crippen molar-refractivity contribution in [1.29, 1.82) is 0 Å². The summed E-state index contributed by atoms with van der Waals surface area (Å²) in [6.07, 6.45) is 4.36. The standard InChI is InChI=1S/C26H26F2N6O/c1-15-23(17-4-3-5-18(27)21(17)28)34-19(8-11-30-34)25(31-15)33-12-9-26(10-13-33)14-16-6-7-20(35-2)32-22(16)24(26)29/h3-8,11,24H,9-10,12-14,29H2,1-2H3. The number of halogens is 2. The summed E-state index contributed by atoms with van der Waals surface area (Å²) < 4.78 is 35.6. The zero-order valence-electron chi connectivity index (χ0n) is 19.6. The highest BCUT2D eigenvalue weighted by Gasteiger charge is 2.47. The van der Waals surface area contributed by atoms with Crippen LogP contribution in [0.4, 0.5) is 14.6 Å². The van der Waals surface area contributed by atoms with E-state index in [0.29, 0.717) is 17.3 Å². The SMILES string of the molecule is COc1ccc2c(n1)C(N)C1(CCN(c3nc(C)c(-c4cccc(F)c4F)n4nccc34)CC1)C2. The number of anilines is 1. The van der Waals surface area contributed by atoms with Crippen LogP contribution in [0.15, 0.2) is 42.6 Å². The first-order valence-electron chi connectivity index (χ1n) is 11.7. The Morgan fingerprint density at radius 1 is 1.09 bits per heavy atom.